The van der Waals surface area contributed by atoms with Crippen LogP contribution in [0, 0.1) is 17.8 Å². The van der Waals surface area contributed by atoms with E-state index in [1.165, 1.54) is 17.3 Å². The number of thioether (sulfide) groups is 1. The van der Waals surface area contributed by atoms with E-state index in [-0.39, 0.29) is 10.8 Å². The maximum absolute atomic E-state index is 13.8. The van der Waals surface area contributed by atoms with Crippen LogP contribution in [0.1, 0.15) is 44.2 Å². The molecule has 3 aromatic carbocycles. The van der Waals surface area contributed by atoms with E-state index in [2.05, 4.69) is 54.1 Å². The molecule has 3 aliphatic heterocycles. The average Bonchev–Trinajstić information content (AvgIpc) is 3.69. The number of likely N-dealkylation sites (tertiary alicyclic amines) is 1. The first-order valence-electron chi connectivity index (χ1n) is 16.8. The number of sulfonamides is 1. The molecule has 2 saturated heterocycles. The molecule has 0 spiro atoms. The van der Waals surface area contributed by atoms with Crippen LogP contribution in [0.25, 0.3) is 23.0 Å². The number of piperidine rings is 2. The summed E-state index contributed by atoms with van der Waals surface area (Å²) < 4.78 is 31.0. The van der Waals surface area contributed by atoms with Gasteiger partial charge in [0, 0.05) is 43.5 Å². The number of amides is 1. The van der Waals surface area contributed by atoms with Crippen LogP contribution < -0.4 is 0 Å². The summed E-state index contributed by atoms with van der Waals surface area (Å²) in [6.07, 6.45) is 7.96. The Morgan fingerprint density at radius 3 is 2.29 bits per heavy atom. The van der Waals surface area contributed by atoms with Crippen LogP contribution in [0.15, 0.2) is 106 Å². The van der Waals surface area contributed by atoms with Crippen molar-refractivity contribution in [1.29, 1.82) is 0 Å². The molecule has 0 radical (unpaired) electrons. The molecule has 48 heavy (non-hydrogen) atoms. The Kier molecular flexibility index (Phi) is 9.40. The minimum Gasteiger partial charge on any atom is -0.351 e. The summed E-state index contributed by atoms with van der Waals surface area (Å²) in [6.45, 7) is 6.99. The highest BCUT2D eigenvalue weighted by atomic mass is 32.2. The van der Waals surface area contributed by atoms with Gasteiger partial charge in [-0.2, -0.15) is 14.4 Å². The highest BCUT2D eigenvalue weighted by Gasteiger charge is 2.33. The Morgan fingerprint density at radius 1 is 0.896 bits per heavy atom. The van der Waals surface area contributed by atoms with Gasteiger partial charge in [0.2, 0.25) is 10.0 Å². The minimum atomic E-state index is -3.69. The third-order valence-corrected chi connectivity index (χ3v) is 12.4. The Labute approximate surface area is 287 Å². The fourth-order valence-electron chi connectivity index (χ4n) is 7.14. The molecule has 2 unspecified atom stereocenters. The summed E-state index contributed by atoms with van der Waals surface area (Å²) in [6, 6.07) is 27.4. The molecule has 2 atom stereocenters. The van der Waals surface area contributed by atoms with Gasteiger partial charge in [0.1, 0.15) is 5.69 Å². The van der Waals surface area contributed by atoms with Crippen molar-refractivity contribution in [2.75, 3.05) is 26.2 Å². The molecule has 248 valence electrons. The fourth-order valence-corrected chi connectivity index (χ4v) is 9.82. The number of rotatable bonds is 7. The average molecular weight is 680 g/mol. The van der Waals surface area contributed by atoms with E-state index in [4.69, 9.17) is 5.10 Å². The van der Waals surface area contributed by atoms with Crippen molar-refractivity contribution in [2.24, 2.45) is 22.7 Å². The predicted molar refractivity (Wildman–Crippen MR) is 193 cm³/mol. The number of aromatic nitrogens is 2. The first-order valence-corrected chi connectivity index (χ1v) is 19.1. The number of hydrogen-bond donors (Lipinski definition) is 0. The van der Waals surface area contributed by atoms with Crippen LogP contribution in [0.4, 0.5) is 0 Å². The van der Waals surface area contributed by atoms with Crippen molar-refractivity contribution < 1.29 is 13.2 Å². The van der Waals surface area contributed by atoms with Gasteiger partial charge in [-0.3, -0.25) is 4.79 Å². The molecule has 0 bridgehead atoms. The number of carbonyl (C=O) groups is 1. The lowest BCUT2D eigenvalue weighted by Crippen LogP contribution is -2.42. The van der Waals surface area contributed by atoms with E-state index in [1.807, 2.05) is 48.7 Å². The molecule has 10 heteroatoms. The molecule has 2 fully saturated rings. The molecule has 0 saturated carbocycles. The van der Waals surface area contributed by atoms with Crippen molar-refractivity contribution in [3.05, 3.63) is 107 Å². The zero-order valence-corrected chi connectivity index (χ0v) is 29.0. The van der Waals surface area contributed by atoms with E-state index in [0.717, 1.165) is 55.2 Å². The second-order valence-electron chi connectivity index (χ2n) is 13.4. The van der Waals surface area contributed by atoms with E-state index < -0.39 is 10.0 Å². The largest absolute Gasteiger partial charge is 0.351 e. The van der Waals surface area contributed by atoms with Crippen molar-refractivity contribution >= 4 is 38.9 Å². The standard InChI is InChI=1S/C38H41N5O3S2/c1-27-20-28(2)25-42(24-27)48(45,46)34-15-9-12-31(22-34)36-32(26-43(40-36)33-13-7-4-8-14-33)23-35-37(44)39-38(47-35)41-18-16-30(17-19-41)21-29-10-5-3-6-11-29/h3-15,22-23,26-28,30H,16-21,24-25H2,1-2H3/b35-23-. The smallest absolute Gasteiger partial charge is 0.286 e. The van der Waals surface area contributed by atoms with Gasteiger partial charge in [0.25, 0.3) is 5.91 Å². The summed E-state index contributed by atoms with van der Waals surface area (Å²) in [4.78, 5) is 20.7. The molecule has 1 amide bonds. The van der Waals surface area contributed by atoms with E-state index >= 15 is 0 Å². The summed E-state index contributed by atoms with van der Waals surface area (Å²) in [5, 5.41) is 5.67. The molecule has 8 nitrogen and oxygen atoms in total. The van der Waals surface area contributed by atoms with Crippen molar-refractivity contribution in [3.8, 4) is 16.9 Å². The second-order valence-corrected chi connectivity index (χ2v) is 16.4. The van der Waals surface area contributed by atoms with E-state index in [9.17, 15) is 13.2 Å². The lowest BCUT2D eigenvalue weighted by molar-refractivity contribution is -0.113. The van der Waals surface area contributed by atoms with E-state index in [0.29, 0.717) is 47.0 Å². The van der Waals surface area contributed by atoms with Crippen LogP contribution in [0.3, 0.4) is 0 Å². The molecular formula is C38H41N5O3S2. The maximum atomic E-state index is 13.8. The zero-order chi connectivity index (χ0) is 33.3. The van der Waals surface area contributed by atoms with Gasteiger partial charge in [0.05, 0.1) is 15.5 Å². The summed E-state index contributed by atoms with van der Waals surface area (Å²) >= 11 is 1.41. The Morgan fingerprint density at radius 2 is 1.58 bits per heavy atom. The first-order chi connectivity index (χ1) is 23.2. The summed E-state index contributed by atoms with van der Waals surface area (Å²) in [5.74, 6) is 0.972. The highest BCUT2D eigenvalue weighted by Crippen LogP contribution is 2.36. The van der Waals surface area contributed by atoms with Gasteiger partial charge in [-0.25, -0.2) is 13.1 Å². The van der Waals surface area contributed by atoms with Crippen molar-refractivity contribution in [3.63, 3.8) is 0 Å². The molecule has 1 aromatic heterocycles. The SMILES string of the molecule is CC1CC(C)CN(S(=O)(=O)c2cccc(-c3nn(-c4ccccc4)cc3/C=C3\SC(N4CCC(Cc5ccccc5)CC4)=NC3=O)c2)C1. The molecule has 4 aromatic rings. The van der Waals surface area contributed by atoms with E-state index in [1.54, 1.807) is 27.2 Å². The Balaban J connectivity index is 1.14. The van der Waals surface area contributed by atoms with Gasteiger partial charge in [0.15, 0.2) is 5.17 Å². The van der Waals surface area contributed by atoms with Gasteiger partial charge in [-0.15, -0.1) is 0 Å². The van der Waals surface area contributed by atoms with Gasteiger partial charge in [-0.1, -0.05) is 74.5 Å². The lowest BCUT2D eigenvalue weighted by atomic mass is 9.90. The number of carbonyl (C=O) groups excluding carboxylic acids is 1. The minimum absolute atomic E-state index is 0.252. The zero-order valence-electron chi connectivity index (χ0n) is 27.4. The van der Waals surface area contributed by atoms with Crippen molar-refractivity contribution in [2.45, 2.75) is 44.4 Å². The molecule has 4 heterocycles. The van der Waals surface area contributed by atoms with Gasteiger partial charge < -0.3 is 4.90 Å². The second kappa shape index (κ2) is 13.9. The molecule has 0 aliphatic carbocycles. The number of benzene rings is 3. The summed E-state index contributed by atoms with van der Waals surface area (Å²) in [7, 11) is -3.69. The van der Waals surface area contributed by atoms with Crippen LogP contribution in [-0.2, 0) is 21.2 Å². The fraction of sp³-hybridized carbons (Fsp3) is 0.342. The maximum Gasteiger partial charge on any atom is 0.286 e. The monoisotopic (exact) mass is 679 g/mol. The highest BCUT2D eigenvalue weighted by molar-refractivity contribution is 8.18. The third kappa shape index (κ3) is 7.06. The topological polar surface area (TPSA) is 87.9 Å². The number of aliphatic imine (C=N–C) groups is 1. The molecular weight excluding hydrogens is 639 g/mol. The van der Waals surface area contributed by atoms with Gasteiger partial charge >= 0.3 is 0 Å². The van der Waals surface area contributed by atoms with Crippen LogP contribution in [0.2, 0.25) is 0 Å². The molecule has 3 aliphatic rings. The molecule has 7 rings (SSSR count). The summed E-state index contributed by atoms with van der Waals surface area (Å²) in [5.41, 5.74) is 4.24. The number of para-hydroxylation sites is 1. The predicted octanol–water partition coefficient (Wildman–Crippen LogP) is 7.13. The number of nitrogens with zero attached hydrogens (tertiary/aromatic N) is 5. The van der Waals surface area contributed by atoms with Crippen LogP contribution >= 0.6 is 11.8 Å². The number of hydrogen-bond acceptors (Lipinski definition) is 6. The Bertz CT molecular complexity index is 1940. The number of amidine groups is 1. The van der Waals surface area contributed by atoms with Crippen molar-refractivity contribution in [1.82, 2.24) is 19.0 Å². The Hall–Kier alpha value is -3.99. The molecule has 0 N–H and O–H groups in total. The van der Waals surface area contributed by atoms with Crippen LogP contribution in [0.5, 0.6) is 0 Å². The lowest BCUT2D eigenvalue weighted by Gasteiger charge is -2.34. The normalized spacial score (nSPS) is 22.0. The third-order valence-electron chi connectivity index (χ3n) is 9.49. The van der Waals surface area contributed by atoms with Gasteiger partial charge in [-0.05, 0) is 91.1 Å². The quantitative estimate of drug-likeness (QED) is 0.193. The van der Waals surface area contributed by atoms with Crippen LogP contribution in [-0.4, -0.2) is 64.7 Å². The first kappa shape index (κ1) is 32.6.